The molecule has 1 atom stereocenters. The molecule has 0 bridgehead atoms. The van der Waals surface area contributed by atoms with Crippen LogP contribution in [-0.4, -0.2) is 25.1 Å². The van der Waals surface area contributed by atoms with Gasteiger partial charge in [0.05, 0.1) is 6.61 Å². The van der Waals surface area contributed by atoms with Gasteiger partial charge in [0.25, 0.3) is 0 Å². The lowest BCUT2D eigenvalue weighted by Gasteiger charge is -2.23. The van der Waals surface area contributed by atoms with Gasteiger partial charge in [0.2, 0.25) is 0 Å². The first-order valence-electron chi connectivity index (χ1n) is 6.23. The molecule has 0 spiro atoms. The zero-order valence-electron chi connectivity index (χ0n) is 9.78. The molecular formula is C14H16O3. The van der Waals surface area contributed by atoms with E-state index in [1.165, 1.54) is 0 Å². The Bertz CT molecular complexity index is 433. The van der Waals surface area contributed by atoms with Crippen molar-refractivity contribution in [3.8, 4) is 5.75 Å². The maximum atomic E-state index is 11.5. The third-order valence-electron chi connectivity index (χ3n) is 3.42. The second kappa shape index (κ2) is 4.49. The van der Waals surface area contributed by atoms with Gasteiger partial charge in [-0.15, -0.1) is 0 Å². The van der Waals surface area contributed by atoms with Gasteiger partial charge in [-0.3, -0.25) is 4.79 Å². The van der Waals surface area contributed by atoms with Crippen molar-refractivity contribution in [1.29, 1.82) is 0 Å². The van der Waals surface area contributed by atoms with Crippen LogP contribution in [0.4, 0.5) is 0 Å². The number of carbonyl (C=O) groups is 1. The molecule has 1 saturated heterocycles. The maximum Gasteiger partial charge on any atom is 0.163 e. The van der Waals surface area contributed by atoms with Crippen LogP contribution in [0.5, 0.6) is 5.75 Å². The molecule has 3 rings (SSSR count). The van der Waals surface area contributed by atoms with Gasteiger partial charge in [-0.1, -0.05) is 0 Å². The summed E-state index contributed by atoms with van der Waals surface area (Å²) in [4.78, 5) is 11.5. The standard InChI is InChI=1S/C14H16O3/c15-14-6-3-10-8-11(4-5-13(10)14)17-12-2-1-7-16-9-12/h4-5,8,12H,1-3,6-7,9H2. The predicted molar refractivity (Wildman–Crippen MR) is 63.6 cm³/mol. The lowest BCUT2D eigenvalue weighted by atomic mass is 10.1. The van der Waals surface area contributed by atoms with Crippen LogP contribution >= 0.6 is 0 Å². The van der Waals surface area contributed by atoms with Crippen molar-refractivity contribution in [2.24, 2.45) is 0 Å². The molecule has 0 radical (unpaired) electrons. The highest BCUT2D eigenvalue weighted by Gasteiger charge is 2.21. The first kappa shape index (κ1) is 10.8. The molecule has 1 fully saturated rings. The summed E-state index contributed by atoms with van der Waals surface area (Å²) in [7, 11) is 0. The fourth-order valence-corrected chi connectivity index (χ4v) is 2.50. The SMILES string of the molecule is O=C1CCc2cc(OC3CCCOC3)ccc21. The number of benzene rings is 1. The van der Waals surface area contributed by atoms with E-state index in [1.54, 1.807) is 0 Å². The first-order chi connectivity index (χ1) is 8.33. The third-order valence-corrected chi connectivity index (χ3v) is 3.42. The van der Waals surface area contributed by atoms with Crippen LogP contribution in [0, 0.1) is 0 Å². The predicted octanol–water partition coefficient (Wildman–Crippen LogP) is 2.37. The molecule has 1 aromatic carbocycles. The molecular weight excluding hydrogens is 216 g/mol. The quantitative estimate of drug-likeness (QED) is 0.785. The number of fused-ring (bicyclic) bond motifs is 1. The van der Waals surface area contributed by atoms with Gasteiger partial charge < -0.3 is 9.47 Å². The number of ether oxygens (including phenoxy) is 2. The number of hydrogen-bond donors (Lipinski definition) is 0. The van der Waals surface area contributed by atoms with E-state index < -0.39 is 0 Å². The number of ketones is 1. The summed E-state index contributed by atoms with van der Waals surface area (Å²) in [5.41, 5.74) is 2.00. The molecule has 17 heavy (non-hydrogen) atoms. The number of hydrogen-bond acceptors (Lipinski definition) is 3. The molecule has 0 aromatic heterocycles. The molecule has 3 nitrogen and oxygen atoms in total. The summed E-state index contributed by atoms with van der Waals surface area (Å²) < 4.78 is 11.3. The van der Waals surface area contributed by atoms with Gasteiger partial charge in [0.15, 0.2) is 5.78 Å². The van der Waals surface area contributed by atoms with Crippen molar-refractivity contribution in [3.05, 3.63) is 29.3 Å². The average Bonchev–Trinajstić information content (AvgIpc) is 2.72. The van der Waals surface area contributed by atoms with Crippen LogP contribution < -0.4 is 4.74 Å². The molecule has 0 amide bonds. The van der Waals surface area contributed by atoms with Gasteiger partial charge in [-0.05, 0) is 43.0 Å². The topological polar surface area (TPSA) is 35.5 Å². The number of carbonyl (C=O) groups excluding carboxylic acids is 1. The zero-order valence-corrected chi connectivity index (χ0v) is 9.78. The second-order valence-electron chi connectivity index (χ2n) is 4.70. The van der Waals surface area contributed by atoms with Crippen LogP contribution in [-0.2, 0) is 11.2 Å². The van der Waals surface area contributed by atoms with Gasteiger partial charge >= 0.3 is 0 Å². The van der Waals surface area contributed by atoms with Crippen LogP contribution in [0.2, 0.25) is 0 Å². The van der Waals surface area contributed by atoms with Crippen molar-refractivity contribution < 1.29 is 14.3 Å². The Labute approximate surface area is 101 Å². The highest BCUT2D eigenvalue weighted by molar-refractivity contribution is 6.00. The fourth-order valence-electron chi connectivity index (χ4n) is 2.50. The van der Waals surface area contributed by atoms with Crippen LogP contribution in [0.15, 0.2) is 18.2 Å². The van der Waals surface area contributed by atoms with Gasteiger partial charge in [0, 0.05) is 18.6 Å². The molecule has 1 heterocycles. The Morgan fingerprint density at radius 2 is 2.24 bits per heavy atom. The minimum Gasteiger partial charge on any atom is -0.488 e. The minimum atomic E-state index is 0.166. The van der Waals surface area contributed by atoms with Gasteiger partial charge in [0.1, 0.15) is 11.9 Å². The van der Waals surface area contributed by atoms with E-state index in [0.717, 1.165) is 42.7 Å². The molecule has 2 aliphatic rings. The normalized spacial score (nSPS) is 23.5. The molecule has 3 heteroatoms. The lowest BCUT2D eigenvalue weighted by Crippen LogP contribution is -2.28. The summed E-state index contributed by atoms with van der Waals surface area (Å²) in [5, 5.41) is 0. The van der Waals surface area contributed by atoms with Gasteiger partial charge in [-0.2, -0.15) is 0 Å². The summed E-state index contributed by atoms with van der Waals surface area (Å²) in [5.74, 6) is 1.13. The molecule has 1 aliphatic carbocycles. The van der Waals surface area contributed by atoms with E-state index in [4.69, 9.17) is 9.47 Å². The van der Waals surface area contributed by atoms with E-state index >= 15 is 0 Å². The zero-order chi connectivity index (χ0) is 11.7. The lowest BCUT2D eigenvalue weighted by molar-refractivity contribution is 0.00740. The van der Waals surface area contributed by atoms with Crippen LogP contribution in [0.1, 0.15) is 35.2 Å². The third kappa shape index (κ3) is 2.20. The minimum absolute atomic E-state index is 0.166. The Morgan fingerprint density at radius 3 is 3.06 bits per heavy atom. The number of rotatable bonds is 2. The van der Waals surface area contributed by atoms with Crippen molar-refractivity contribution in [2.45, 2.75) is 31.8 Å². The number of aryl methyl sites for hydroxylation is 1. The van der Waals surface area contributed by atoms with Gasteiger partial charge in [-0.25, -0.2) is 0 Å². The molecule has 1 aromatic rings. The highest BCUT2D eigenvalue weighted by Crippen LogP contribution is 2.27. The van der Waals surface area contributed by atoms with E-state index in [2.05, 4.69) is 0 Å². The van der Waals surface area contributed by atoms with Crippen molar-refractivity contribution in [1.82, 2.24) is 0 Å². The Morgan fingerprint density at radius 1 is 1.29 bits per heavy atom. The second-order valence-corrected chi connectivity index (χ2v) is 4.70. The van der Waals surface area contributed by atoms with Crippen LogP contribution in [0.25, 0.3) is 0 Å². The largest absolute Gasteiger partial charge is 0.488 e. The van der Waals surface area contributed by atoms with E-state index in [9.17, 15) is 4.79 Å². The average molecular weight is 232 g/mol. The molecule has 90 valence electrons. The summed E-state index contributed by atoms with van der Waals surface area (Å²) >= 11 is 0. The first-order valence-corrected chi connectivity index (χ1v) is 6.23. The molecule has 0 saturated carbocycles. The molecule has 1 aliphatic heterocycles. The Balaban J connectivity index is 1.73. The monoisotopic (exact) mass is 232 g/mol. The van der Waals surface area contributed by atoms with Crippen molar-refractivity contribution in [3.63, 3.8) is 0 Å². The fraction of sp³-hybridized carbons (Fsp3) is 0.500. The maximum absolute atomic E-state index is 11.5. The van der Waals surface area contributed by atoms with Crippen molar-refractivity contribution in [2.75, 3.05) is 13.2 Å². The summed E-state index contributed by atoms with van der Waals surface area (Å²) in [6.07, 6.45) is 3.78. The summed E-state index contributed by atoms with van der Waals surface area (Å²) in [6.45, 7) is 1.52. The summed E-state index contributed by atoms with van der Waals surface area (Å²) in [6, 6.07) is 5.80. The molecule has 1 unspecified atom stereocenters. The van der Waals surface area contributed by atoms with E-state index in [0.29, 0.717) is 13.0 Å². The van der Waals surface area contributed by atoms with Crippen molar-refractivity contribution >= 4 is 5.78 Å². The van der Waals surface area contributed by atoms with Crippen LogP contribution in [0.3, 0.4) is 0 Å². The number of Topliss-reactive ketones (excluding diaryl/α,β-unsaturated/α-hetero) is 1. The smallest absolute Gasteiger partial charge is 0.163 e. The van der Waals surface area contributed by atoms with E-state index in [1.807, 2.05) is 18.2 Å². The highest BCUT2D eigenvalue weighted by atomic mass is 16.5. The Hall–Kier alpha value is -1.35. The Kier molecular flexibility index (Phi) is 2.85. The van der Waals surface area contributed by atoms with E-state index in [-0.39, 0.29) is 11.9 Å². The molecule has 0 N–H and O–H groups in total.